The van der Waals surface area contributed by atoms with E-state index in [0.29, 0.717) is 28.7 Å². The van der Waals surface area contributed by atoms with Gasteiger partial charge in [0.1, 0.15) is 17.7 Å². The molecule has 2 aromatic carbocycles. The second-order valence-electron chi connectivity index (χ2n) is 6.23. The van der Waals surface area contributed by atoms with E-state index in [1.165, 1.54) is 0 Å². The maximum absolute atomic E-state index is 13.3. The molecule has 134 valence electrons. The minimum atomic E-state index is -0.130. The Balaban J connectivity index is 1.96. The van der Waals surface area contributed by atoms with Crippen LogP contribution in [0.2, 0.25) is 0 Å². The summed E-state index contributed by atoms with van der Waals surface area (Å²) in [5, 5.41) is 0. The normalized spacial score (nSPS) is 10.9. The van der Waals surface area contributed by atoms with Crippen LogP contribution < -0.4 is 4.90 Å². The first kappa shape index (κ1) is 17.4. The molecule has 0 spiro atoms. The number of anilines is 1. The van der Waals surface area contributed by atoms with E-state index in [1.54, 1.807) is 27.8 Å². The van der Waals surface area contributed by atoms with Crippen LogP contribution in [0.15, 0.2) is 65.4 Å². The van der Waals surface area contributed by atoms with Crippen molar-refractivity contribution in [3.8, 4) is 11.3 Å². The molecule has 7 heteroatoms. The third-order valence-corrected chi connectivity index (χ3v) is 4.68. The second-order valence-corrected chi connectivity index (χ2v) is 7.15. The lowest BCUT2D eigenvalue weighted by molar-refractivity contribution is 0.103. The van der Waals surface area contributed by atoms with Crippen LogP contribution in [0, 0.1) is 0 Å². The van der Waals surface area contributed by atoms with E-state index < -0.39 is 0 Å². The van der Waals surface area contributed by atoms with Crippen molar-refractivity contribution in [2.75, 3.05) is 19.0 Å². The van der Waals surface area contributed by atoms with Crippen molar-refractivity contribution in [1.29, 1.82) is 0 Å². The van der Waals surface area contributed by atoms with Crippen molar-refractivity contribution in [2.45, 2.75) is 0 Å². The number of halogens is 1. The molecule has 0 fully saturated rings. The monoisotopic (exact) mass is 421 g/mol. The Bertz CT molecular complexity index is 1120. The highest BCUT2D eigenvalue weighted by molar-refractivity contribution is 9.10. The Morgan fingerprint density at radius 2 is 1.70 bits per heavy atom. The smallest absolute Gasteiger partial charge is 0.239 e. The van der Waals surface area contributed by atoms with Gasteiger partial charge in [-0.3, -0.25) is 9.20 Å². The summed E-state index contributed by atoms with van der Waals surface area (Å²) in [5.74, 6) is 0.845. The number of hydrogen-bond donors (Lipinski definition) is 0. The van der Waals surface area contributed by atoms with Gasteiger partial charge < -0.3 is 4.90 Å². The number of fused-ring (bicyclic) bond motifs is 1. The molecule has 0 aliphatic heterocycles. The largest absolute Gasteiger partial charge is 0.347 e. The number of aromatic nitrogens is 4. The van der Waals surface area contributed by atoms with Crippen LogP contribution in [0.3, 0.4) is 0 Å². The summed E-state index contributed by atoms with van der Waals surface area (Å²) in [6.45, 7) is 0. The van der Waals surface area contributed by atoms with Crippen LogP contribution >= 0.6 is 15.9 Å². The number of ketones is 1. The SMILES string of the molecule is CN(C)c1ncn2c(C(=O)c3ccc(Br)cc3)c(-c3ccccc3)nc2n1. The van der Waals surface area contributed by atoms with Crippen molar-refractivity contribution in [3.63, 3.8) is 0 Å². The lowest BCUT2D eigenvalue weighted by Crippen LogP contribution is -2.14. The van der Waals surface area contributed by atoms with E-state index in [9.17, 15) is 4.79 Å². The van der Waals surface area contributed by atoms with Gasteiger partial charge in [0.15, 0.2) is 0 Å². The summed E-state index contributed by atoms with van der Waals surface area (Å²) >= 11 is 3.40. The zero-order valence-electron chi connectivity index (χ0n) is 14.8. The Labute approximate surface area is 164 Å². The van der Waals surface area contributed by atoms with Gasteiger partial charge in [-0.05, 0) is 24.3 Å². The first-order valence-corrected chi connectivity index (χ1v) is 9.12. The molecule has 6 nitrogen and oxygen atoms in total. The molecule has 0 unspecified atom stereocenters. The number of carbonyl (C=O) groups excluding carboxylic acids is 1. The second kappa shape index (κ2) is 6.92. The van der Waals surface area contributed by atoms with E-state index in [2.05, 4.69) is 30.9 Å². The first-order chi connectivity index (χ1) is 13.0. The highest BCUT2D eigenvalue weighted by atomic mass is 79.9. The molecule has 2 heterocycles. The number of hydrogen-bond acceptors (Lipinski definition) is 5. The summed E-state index contributed by atoms with van der Waals surface area (Å²) in [6, 6.07) is 16.9. The van der Waals surface area contributed by atoms with Crippen molar-refractivity contribution >= 4 is 33.4 Å². The van der Waals surface area contributed by atoms with E-state index >= 15 is 0 Å². The zero-order valence-corrected chi connectivity index (χ0v) is 16.4. The molecule has 0 saturated heterocycles. The van der Waals surface area contributed by atoms with Gasteiger partial charge in [-0.25, -0.2) is 9.97 Å². The topological polar surface area (TPSA) is 63.4 Å². The maximum Gasteiger partial charge on any atom is 0.239 e. The van der Waals surface area contributed by atoms with Crippen LogP contribution in [-0.2, 0) is 0 Å². The Morgan fingerprint density at radius 1 is 1.00 bits per heavy atom. The number of nitrogens with zero attached hydrogens (tertiary/aromatic N) is 5. The minimum Gasteiger partial charge on any atom is -0.347 e. The summed E-state index contributed by atoms with van der Waals surface area (Å²) in [4.78, 5) is 28.6. The molecule has 0 saturated carbocycles. The average molecular weight is 422 g/mol. The number of benzene rings is 2. The quantitative estimate of drug-likeness (QED) is 0.468. The van der Waals surface area contributed by atoms with E-state index in [-0.39, 0.29) is 5.78 Å². The highest BCUT2D eigenvalue weighted by Gasteiger charge is 2.23. The van der Waals surface area contributed by atoms with Crippen LogP contribution in [0.25, 0.3) is 17.0 Å². The number of carbonyl (C=O) groups is 1. The molecule has 0 N–H and O–H groups in total. The molecular weight excluding hydrogens is 406 g/mol. The molecule has 4 aromatic rings. The minimum absolute atomic E-state index is 0.130. The third-order valence-electron chi connectivity index (χ3n) is 4.15. The van der Waals surface area contributed by atoms with Crippen molar-refractivity contribution in [1.82, 2.24) is 19.4 Å². The van der Waals surface area contributed by atoms with Crippen molar-refractivity contribution in [3.05, 3.63) is 76.7 Å². The Kier molecular flexibility index (Phi) is 4.45. The molecule has 4 rings (SSSR count). The molecule has 0 bridgehead atoms. The maximum atomic E-state index is 13.3. The lowest BCUT2D eigenvalue weighted by Gasteiger charge is -2.09. The third kappa shape index (κ3) is 3.21. The lowest BCUT2D eigenvalue weighted by atomic mass is 10.0. The van der Waals surface area contributed by atoms with E-state index in [4.69, 9.17) is 0 Å². The Morgan fingerprint density at radius 3 is 2.37 bits per heavy atom. The fourth-order valence-electron chi connectivity index (χ4n) is 2.80. The molecule has 27 heavy (non-hydrogen) atoms. The van der Waals surface area contributed by atoms with Crippen LogP contribution in [0.4, 0.5) is 5.95 Å². The van der Waals surface area contributed by atoms with Crippen molar-refractivity contribution in [2.24, 2.45) is 0 Å². The first-order valence-electron chi connectivity index (χ1n) is 8.32. The van der Waals surface area contributed by atoms with Gasteiger partial charge in [-0.2, -0.15) is 4.98 Å². The molecule has 0 amide bonds. The van der Waals surface area contributed by atoms with E-state index in [0.717, 1.165) is 10.0 Å². The van der Waals surface area contributed by atoms with E-state index in [1.807, 2.05) is 56.6 Å². The molecule has 0 radical (unpaired) electrons. The summed E-state index contributed by atoms with van der Waals surface area (Å²) in [6.07, 6.45) is 1.60. The van der Waals surface area contributed by atoms with Gasteiger partial charge in [-0.1, -0.05) is 46.3 Å². The highest BCUT2D eigenvalue weighted by Crippen LogP contribution is 2.26. The van der Waals surface area contributed by atoms with Gasteiger partial charge in [0.2, 0.25) is 17.5 Å². The van der Waals surface area contributed by atoms with Crippen LogP contribution in [0.5, 0.6) is 0 Å². The molecule has 0 aliphatic carbocycles. The fraction of sp³-hybridized carbons (Fsp3) is 0.100. The number of rotatable bonds is 4. The molecule has 0 atom stereocenters. The van der Waals surface area contributed by atoms with Crippen LogP contribution in [-0.4, -0.2) is 39.2 Å². The van der Waals surface area contributed by atoms with Crippen LogP contribution in [0.1, 0.15) is 16.1 Å². The van der Waals surface area contributed by atoms with Gasteiger partial charge in [-0.15, -0.1) is 0 Å². The van der Waals surface area contributed by atoms with Gasteiger partial charge in [0, 0.05) is 29.7 Å². The zero-order chi connectivity index (χ0) is 19.0. The average Bonchev–Trinajstić information content (AvgIpc) is 3.07. The van der Waals surface area contributed by atoms with Crippen molar-refractivity contribution < 1.29 is 4.79 Å². The molecule has 0 aliphatic rings. The summed E-state index contributed by atoms with van der Waals surface area (Å²) in [5.41, 5.74) is 2.47. The van der Waals surface area contributed by atoms with Gasteiger partial charge in [0.25, 0.3) is 0 Å². The summed E-state index contributed by atoms with van der Waals surface area (Å²) < 4.78 is 2.57. The molecule has 2 aromatic heterocycles. The fourth-order valence-corrected chi connectivity index (χ4v) is 3.07. The standard InChI is InChI=1S/C20H16BrN5O/c1-25(2)19-22-12-26-17(18(27)14-8-10-15(21)11-9-14)16(23-20(26)24-19)13-6-4-3-5-7-13/h3-12H,1-2H3. The predicted octanol–water partition coefficient (Wildman–Crippen LogP) is 3.85. The van der Waals surface area contributed by atoms with Gasteiger partial charge >= 0.3 is 0 Å². The Hall–Kier alpha value is -3.06. The predicted molar refractivity (Wildman–Crippen MR) is 108 cm³/mol. The molecular formula is C20H16BrN5O. The number of imidazole rings is 1. The van der Waals surface area contributed by atoms with Gasteiger partial charge in [0.05, 0.1) is 0 Å². The summed E-state index contributed by atoms with van der Waals surface area (Å²) in [7, 11) is 3.72.